The van der Waals surface area contributed by atoms with E-state index < -0.39 is 36.5 Å². The summed E-state index contributed by atoms with van der Waals surface area (Å²) < 4.78 is 59.3. The van der Waals surface area contributed by atoms with Gasteiger partial charge in [-0.15, -0.1) is 0 Å². The predicted octanol–water partition coefficient (Wildman–Crippen LogP) is 3.54. The van der Waals surface area contributed by atoms with Crippen molar-refractivity contribution in [1.29, 1.82) is 0 Å². The van der Waals surface area contributed by atoms with E-state index >= 15 is 4.39 Å². The molecular weight excluding hydrogens is 494 g/mol. The molecule has 2 heterocycles. The highest BCUT2D eigenvalue weighted by Gasteiger charge is 2.44. The summed E-state index contributed by atoms with van der Waals surface area (Å²) >= 11 is 0. The van der Waals surface area contributed by atoms with Gasteiger partial charge in [-0.1, -0.05) is 6.07 Å². The Hall–Kier alpha value is -3.67. The van der Waals surface area contributed by atoms with Gasteiger partial charge < -0.3 is 20.3 Å². The SMILES string of the molecule is O=C(NC1=NCCN1)c1cc(F)c(Nc2cccc(C(=O)N3CCOC(C(F)(F)F)C3)c2)c(C2CC2)c1. The fourth-order valence-electron chi connectivity index (χ4n) is 4.36. The molecule has 2 aliphatic heterocycles. The first-order valence-corrected chi connectivity index (χ1v) is 12.0. The van der Waals surface area contributed by atoms with Crippen molar-refractivity contribution in [3.63, 3.8) is 0 Å². The number of rotatable bonds is 5. The zero-order chi connectivity index (χ0) is 26.2. The van der Waals surface area contributed by atoms with E-state index in [4.69, 9.17) is 4.74 Å². The summed E-state index contributed by atoms with van der Waals surface area (Å²) in [6, 6.07) is 8.96. The largest absolute Gasteiger partial charge is 0.416 e. The fourth-order valence-corrected chi connectivity index (χ4v) is 4.36. The number of alkyl halides is 3. The molecule has 3 aliphatic rings. The van der Waals surface area contributed by atoms with Crippen LogP contribution in [0, 0.1) is 5.82 Å². The minimum atomic E-state index is -4.57. The maximum absolute atomic E-state index is 15.3. The fraction of sp³-hybridized carbons (Fsp3) is 0.400. The van der Waals surface area contributed by atoms with E-state index in [9.17, 15) is 22.8 Å². The molecule has 0 radical (unpaired) electrons. The molecule has 1 saturated carbocycles. The Kier molecular flexibility index (Phi) is 6.76. The van der Waals surface area contributed by atoms with Gasteiger partial charge in [0.05, 0.1) is 25.4 Å². The number of carbonyl (C=O) groups excluding carboxylic acids is 2. The van der Waals surface area contributed by atoms with Crippen molar-refractivity contribution >= 4 is 29.1 Å². The monoisotopic (exact) mass is 519 g/mol. The van der Waals surface area contributed by atoms with Gasteiger partial charge in [-0.3, -0.25) is 19.9 Å². The normalized spacial score (nSPS) is 19.7. The van der Waals surface area contributed by atoms with Crippen molar-refractivity contribution in [2.75, 3.05) is 38.1 Å². The number of halogens is 4. The first kappa shape index (κ1) is 25.0. The van der Waals surface area contributed by atoms with Crippen molar-refractivity contribution < 1.29 is 31.9 Å². The van der Waals surface area contributed by atoms with E-state index in [0.29, 0.717) is 30.3 Å². The number of amides is 2. The lowest BCUT2D eigenvalue weighted by molar-refractivity contribution is -0.233. The van der Waals surface area contributed by atoms with Crippen LogP contribution in [-0.2, 0) is 4.74 Å². The molecule has 1 unspecified atom stereocenters. The van der Waals surface area contributed by atoms with Crippen molar-refractivity contribution in [2.45, 2.75) is 31.0 Å². The molecule has 2 fully saturated rings. The lowest BCUT2D eigenvalue weighted by Gasteiger charge is -2.33. The van der Waals surface area contributed by atoms with Gasteiger partial charge in [0.2, 0.25) is 0 Å². The van der Waals surface area contributed by atoms with E-state index in [0.717, 1.165) is 23.8 Å². The van der Waals surface area contributed by atoms with Crippen LogP contribution in [0.5, 0.6) is 0 Å². The molecule has 0 bridgehead atoms. The predicted molar refractivity (Wildman–Crippen MR) is 128 cm³/mol. The second-order valence-corrected chi connectivity index (χ2v) is 9.17. The maximum atomic E-state index is 15.3. The molecule has 37 heavy (non-hydrogen) atoms. The van der Waals surface area contributed by atoms with Gasteiger partial charge in [-0.05, 0) is 54.7 Å². The van der Waals surface area contributed by atoms with Crippen molar-refractivity contribution in [3.8, 4) is 0 Å². The number of nitrogens with one attached hydrogen (secondary N) is 3. The van der Waals surface area contributed by atoms with E-state index in [2.05, 4.69) is 20.9 Å². The van der Waals surface area contributed by atoms with E-state index in [1.54, 1.807) is 18.2 Å². The quantitative estimate of drug-likeness (QED) is 0.526. The standard InChI is InChI=1S/C25H25F4N5O3/c26-19-12-16(22(35)33-24-30-6-7-31-24)11-18(14-4-5-14)21(19)32-17-3-1-2-15(10-17)23(36)34-8-9-37-20(13-34)25(27,28)29/h1-3,10-12,14,20,32H,4-9,13H2,(H2,30,31,33,35). The zero-order valence-electron chi connectivity index (χ0n) is 19.7. The third-order valence-corrected chi connectivity index (χ3v) is 6.40. The van der Waals surface area contributed by atoms with Crippen LogP contribution in [0.2, 0.25) is 0 Å². The lowest BCUT2D eigenvalue weighted by atomic mass is 10.0. The van der Waals surface area contributed by atoms with Gasteiger partial charge in [0.15, 0.2) is 12.1 Å². The van der Waals surface area contributed by atoms with Crippen LogP contribution >= 0.6 is 0 Å². The summed E-state index contributed by atoms with van der Waals surface area (Å²) in [5.74, 6) is -1.24. The second-order valence-electron chi connectivity index (χ2n) is 9.17. The summed E-state index contributed by atoms with van der Waals surface area (Å²) in [4.78, 5) is 30.8. The summed E-state index contributed by atoms with van der Waals surface area (Å²) in [5, 5.41) is 8.58. The molecule has 2 aromatic rings. The first-order valence-electron chi connectivity index (χ1n) is 12.0. The third kappa shape index (κ3) is 5.68. The number of guanidine groups is 1. The maximum Gasteiger partial charge on any atom is 0.416 e. The molecule has 3 N–H and O–H groups in total. The Balaban J connectivity index is 1.35. The minimum absolute atomic E-state index is 0.0367. The smallest absolute Gasteiger partial charge is 0.365 e. The van der Waals surface area contributed by atoms with Crippen LogP contribution < -0.4 is 16.0 Å². The molecule has 8 nitrogen and oxygen atoms in total. The number of anilines is 2. The average molecular weight is 519 g/mol. The summed E-state index contributed by atoms with van der Waals surface area (Å²) in [7, 11) is 0. The molecule has 1 saturated heterocycles. The summed E-state index contributed by atoms with van der Waals surface area (Å²) in [6.45, 7) is 0.403. The number of benzene rings is 2. The van der Waals surface area contributed by atoms with E-state index in [1.807, 2.05) is 0 Å². The molecule has 2 amide bonds. The van der Waals surface area contributed by atoms with E-state index in [1.165, 1.54) is 12.1 Å². The second kappa shape index (κ2) is 10.0. The van der Waals surface area contributed by atoms with E-state index in [-0.39, 0.29) is 35.9 Å². The molecule has 1 atom stereocenters. The highest BCUT2D eigenvalue weighted by Crippen LogP contribution is 2.45. The molecule has 12 heteroatoms. The number of hydrogen-bond acceptors (Lipinski definition) is 6. The third-order valence-electron chi connectivity index (χ3n) is 6.40. The number of aliphatic imine (C=N–C) groups is 1. The van der Waals surface area contributed by atoms with Gasteiger partial charge in [0.1, 0.15) is 5.82 Å². The van der Waals surface area contributed by atoms with Gasteiger partial charge in [-0.2, -0.15) is 13.2 Å². The van der Waals surface area contributed by atoms with Gasteiger partial charge in [0, 0.05) is 29.9 Å². The van der Waals surface area contributed by atoms with Crippen molar-refractivity contribution in [2.24, 2.45) is 4.99 Å². The molecule has 2 aromatic carbocycles. The molecule has 0 spiro atoms. The average Bonchev–Trinajstić information content (AvgIpc) is 3.60. The van der Waals surface area contributed by atoms with Crippen LogP contribution in [0.25, 0.3) is 0 Å². The van der Waals surface area contributed by atoms with Gasteiger partial charge in [0.25, 0.3) is 11.8 Å². The number of carbonyl (C=O) groups is 2. The molecular formula is C25H25F4N5O3. The molecule has 0 aromatic heterocycles. The zero-order valence-corrected chi connectivity index (χ0v) is 19.7. The van der Waals surface area contributed by atoms with Crippen LogP contribution in [0.4, 0.5) is 28.9 Å². The minimum Gasteiger partial charge on any atom is -0.365 e. The van der Waals surface area contributed by atoms with Crippen LogP contribution in [0.15, 0.2) is 41.4 Å². The first-order chi connectivity index (χ1) is 17.7. The summed E-state index contributed by atoms with van der Waals surface area (Å²) in [5.41, 5.74) is 1.57. The highest BCUT2D eigenvalue weighted by atomic mass is 19.4. The Morgan fingerprint density at radius 1 is 1.14 bits per heavy atom. The Labute approximate surface area is 210 Å². The van der Waals surface area contributed by atoms with Crippen LogP contribution in [-0.4, -0.2) is 67.7 Å². The van der Waals surface area contributed by atoms with Gasteiger partial charge >= 0.3 is 6.18 Å². The number of ether oxygens (including phenoxy) is 1. The lowest BCUT2D eigenvalue weighted by Crippen LogP contribution is -2.51. The Bertz CT molecular complexity index is 1250. The Morgan fingerprint density at radius 3 is 2.65 bits per heavy atom. The number of morpholine rings is 1. The topological polar surface area (TPSA) is 95.1 Å². The van der Waals surface area contributed by atoms with Crippen LogP contribution in [0.3, 0.4) is 0 Å². The van der Waals surface area contributed by atoms with Crippen molar-refractivity contribution in [3.05, 3.63) is 58.9 Å². The summed E-state index contributed by atoms with van der Waals surface area (Å²) in [6.07, 6.45) is -4.90. The highest BCUT2D eigenvalue weighted by molar-refractivity contribution is 6.06. The van der Waals surface area contributed by atoms with Gasteiger partial charge in [-0.25, -0.2) is 4.39 Å². The van der Waals surface area contributed by atoms with Crippen molar-refractivity contribution in [1.82, 2.24) is 15.5 Å². The molecule has 1 aliphatic carbocycles. The molecule has 5 rings (SSSR count). The van der Waals surface area contributed by atoms with Crippen LogP contribution in [0.1, 0.15) is 45.0 Å². The molecule has 196 valence electrons. The number of hydrogen-bond donors (Lipinski definition) is 3. The Morgan fingerprint density at radius 2 is 1.95 bits per heavy atom. The number of nitrogens with zero attached hydrogens (tertiary/aromatic N) is 2.